The first-order valence-electron chi connectivity index (χ1n) is 9.16. The number of nitrogens with zero attached hydrogens (tertiary/aromatic N) is 3. The Labute approximate surface area is 151 Å². The Balaban J connectivity index is 1.83. The Morgan fingerprint density at radius 3 is 2.54 bits per heavy atom. The monoisotopic (exact) mass is 357 g/mol. The van der Waals surface area contributed by atoms with Gasteiger partial charge in [0, 0.05) is 19.2 Å². The van der Waals surface area contributed by atoms with Crippen LogP contribution in [0.2, 0.25) is 0 Å². The van der Waals surface area contributed by atoms with Gasteiger partial charge in [-0.2, -0.15) is 0 Å². The molecule has 2 aromatic rings. The molecule has 1 aliphatic carbocycles. The summed E-state index contributed by atoms with van der Waals surface area (Å²) >= 11 is 0. The lowest BCUT2D eigenvalue weighted by Gasteiger charge is -2.35. The number of amides is 2. The molecule has 1 unspecified atom stereocenters. The number of hydrogen-bond donors (Lipinski definition) is 2. The number of aromatic nitrogens is 2. The molecule has 7 heteroatoms. The second-order valence-corrected chi connectivity index (χ2v) is 7.52. The van der Waals surface area contributed by atoms with Crippen LogP contribution in [-0.4, -0.2) is 43.0 Å². The summed E-state index contributed by atoms with van der Waals surface area (Å²) in [6.07, 6.45) is 6.92. The van der Waals surface area contributed by atoms with Crippen molar-refractivity contribution in [1.29, 1.82) is 0 Å². The van der Waals surface area contributed by atoms with Crippen molar-refractivity contribution in [2.24, 2.45) is 13.0 Å². The molecule has 2 aliphatic rings. The summed E-state index contributed by atoms with van der Waals surface area (Å²) in [5.41, 5.74) is 0.718. The third kappa shape index (κ3) is 2.29. The molecule has 26 heavy (non-hydrogen) atoms. The maximum Gasteiger partial charge on any atom is 0.264 e. The first kappa shape index (κ1) is 16.9. The topological polar surface area (TPSA) is 95.7 Å². The van der Waals surface area contributed by atoms with Gasteiger partial charge in [-0.15, -0.1) is 0 Å². The first-order chi connectivity index (χ1) is 12.4. The van der Waals surface area contributed by atoms with Crippen LogP contribution in [0.15, 0.2) is 6.33 Å². The van der Waals surface area contributed by atoms with Gasteiger partial charge in [-0.25, -0.2) is 4.98 Å². The number of fused-ring (bicyclic) bond motifs is 2. The molecular weight excluding hydrogens is 334 g/mol. The van der Waals surface area contributed by atoms with E-state index in [1.54, 1.807) is 18.5 Å². The van der Waals surface area contributed by atoms with Gasteiger partial charge in [0.25, 0.3) is 5.91 Å². The van der Waals surface area contributed by atoms with Crippen LogP contribution in [0.25, 0.3) is 11.0 Å². The Kier molecular flexibility index (Phi) is 3.89. The van der Waals surface area contributed by atoms with E-state index in [0.717, 1.165) is 25.7 Å². The Hall–Kier alpha value is -2.57. The predicted molar refractivity (Wildman–Crippen MR) is 95.1 cm³/mol. The fourth-order valence-electron chi connectivity index (χ4n) is 4.41. The van der Waals surface area contributed by atoms with Crippen molar-refractivity contribution in [2.75, 3.05) is 6.54 Å². The van der Waals surface area contributed by atoms with Crippen molar-refractivity contribution in [2.45, 2.75) is 44.9 Å². The number of phenols is 2. The molecule has 138 valence electrons. The molecule has 1 aromatic heterocycles. The molecule has 4 rings (SSSR count). The number of phenolic OH excluding ortho intramolecular Hbond substituents is 2. The fraction of sp³-hybridized carbons (Fsp3) is 0.526. The van der Waals surface area contributed by atoms with Crippen molar-refractivity contribution >= 4 is 22.8 Å². The SMILES string of the molecule is CC1C(=O)N(CC2CCCCC2)C(=O)c2c1c(O)c1c(ncn1C)c2O. The summed E-state index contributed by atoms with van der Waals surface area (Å²) in [5.74, 6) is -1.65. The first-order valence-corrected chi connectivity index (χ1v) is 9.16. The zero-order chi connectivity index (χ0) is 18.6. The molecular formula is C19H23N3O4. The van der Waals surface area contributed by atoms with Crippen molar-refractivity contribution in [3.8, 4) is 11.5 Å². The number of benzene rings is 1. The van der Waals surface area contributed by atoms with E-state index in [0.29, 0.717) is 18.0 Å². The molecule has 1 aliphatic heterocycles. The summed E-state index contributed by atoms with van der Waals surface area (Å²) in [6, 6.07) is 0. The second kappa shape index (κ2) is 6.00. The maximum atomic E-state index is 13.1. The van der Waals surface area contributed by atoms with Gasteiger partial charge in [-0.1, -0.05) is 19.3 Å². The minimum atomic E-state index is -0.698. The number of imidazole rings is 1. The van der Waals surface area contributed by atoms with Gasteiger partial charge >= 0.3 is 0 Å². The van der Waals surface area contributed by atoms with Crippen LogP contribution in [0.1, 0.15) is 60.9 Å². The third-order valence-corrected chi connectivity index (χ3v) is 5.84. The van der Waals surface area contributed by atoms with E-state index in [2.05, 4.69) is 4.98 Å². The van der Waals surface area contributed by atoms with E-state index in [1.165, 1.54) is 17.6 Å². The highest BCUT2D eigenvalue weighted by Gasteiger charge is 2.42. The Morgan fingerprint density at radius 2 is 1.85 bits per heavy atom. The number of aromatic hydroxyl groups is 2. The minimum absolute atomic E-state index is 0.0107. The van der Waals surface area contributed by atoms with E-state index in [1.807, 2.05) is 0 Å². The van der Waals surface area contributed by atoms with Crippen molar-refractivity contribution in [3.05, 3.63) is 17.5 Å². The Bertz CT molecular complexity index is 911. The molecule has 0 radical (unpaired) electrons. The van der Waals surface area contributed by atoms with Crippen LogP contribution in [0, 0.1) is 5.92 Å². The summed E-state index contributed by atoms with van der Waals surface area (Å²) in [7, 11) is 1.69. The molecule has 0 saturated heterocycles. The molecule has 0 spiro atoms. The normalized spacial score (nSPS) is 21.5. The van der Waals surface area contributed by atoms with Gasteiger partial charge in [0.15, 0.2) is 5.75 Å². The number of aryl methyl sites for hydroxylation is 1. The van der Waals surface area contributed by atoms with Crippen LogP contribution in [0.4, 0.5) is 0 Å². The van der Waals surface area contributed by atoms with Crippen LogP contribution >= 0.6 is 0 Å². The predicted octanol–water partition coefficient (Wildman–Crippen LogP) is 2.65. The van der Waals surface area contributed by atoms with Crippen molar-refractivity contribution < 1.29 is 19.8 Å². The zero-order valence-electron chi connectivity index (χ0n) is 15.0. The molecule has 2 heterocycles. The molecule has 1 saturated carbocycles. The van der Waals surface area contributed by atoms with E-state index in [9.17, 15) is 19.8 Å². The molecule has 1 fully saturated rings. The van der Waals surface area contributed by atoms with Gasteiger partial charge in [-0.05, 0) is 25.7 Å². The summed E-state index contributed by atoms with van der Waals surface area (Å²) < 4.78 is 1.57. The summed E-state index contributed by atoms with van der Waals surface area (Å²) in [6.45, 7) is 2.05. The number of carbonyl (C=O) groups excluding carboxylic acids is 2. The minimum Gasteiger partial charge on any atom is -0.505 e. The van der Waals surface area contributed by atoms with Crippen molar-refractivity contribution in [3.63, 3.8) is 0 Å². The zero-order valence-corrected chi connectivity index (χ0v) is 15.0. The number of carbonyl (C=O) groups is 2. The lowest BCUT2D eigenvalue weighted by atomic mass is 9.85. The molecule has 2 amide bonds. The van der Waals surface area contributed by atoms with Gasteiger partial charge < -0.3 is 14.8 Å². The standard InChI is InChI=1S/C19H23N3O4/c1-10-12-13(16(23)14-15(17(12)24)21(2)9-20-14)19(26)22(18(10)25)8-11-6-4-3-5-7-11/h9-11,23-24H,3-8H2,1-2H3. The molecule has 7 nitrogen and oxygen atoms in total. The average molecular weight is 357 g/mol. The largest absolute Gasteiger partial charge is 0.505 e. The number of rotatable bonds is 2. The van der Waals surface area contributed by atoms with Crippen LogP contribution < -0.4 is 0 Å². The molecule has 1 aromatic carbocycles. The Morgan fingerprint density at radius 1 is 1.15 bits per heavy atom. The maximum absolute atomic E-state index is 13.1. The fourth-order valence-corrected chi connectivity index (χ4v) is 4.41. The smallest absolute Gasteiger partial charge is 0.264 e. The molecule has 0 bridgehead atoms. The van der Waals surface area contributed by atoms with Crippen LogP contribution in [0.3, 0.4) is 0 Å². The highest BCUT2D eigenvalue weighted by atomic mass is 16.3. The van der Waals surface area contributed by atoms with E-state index >= 15 is 0 Å². The van der Waals surface area contributed by atoms with E-state index in [4.69, 9.17) is 0 Å². The third-order valence-electron chi connectivity index (χ3n) is 5.84. The number of hydrogen-bond acceptors (Lipinski definition) is 5. The van der Waals surface area contributed by atoms with Crippen molar-refractivity contribution in [1.82, 2.24) is 14.5 Å². The van der Waals surface area contributed by atoms with Crippen LogP contribution in [-0.2, 0) is 11.8 Å². The highest BCUT2D eigenvalue weighted by Crippen LogP contribution is 2.45. The van der Waals surface area contributed by atoms with Gasteiger partial charge in [-0.3, -0.25) is 14.5 Å². The lowest BCUT2D eigenvalue weighted by Crippen LogP contribution is -2.46. The number of imide groups is 1. The van der Waals surface area contributed by atoms with Gasteiger partial charge in [0.2, 0.25) is 5.91 Å². The molecule has 2 N–H and O–H groups in total. The van der Waals surface area contributed by atoms with E-state index in [-0.39, 0.29) is 34.0 Å². The highest BCUT2D eigenvalue weighted by molar-refractivity contribution is 6.16. The average Bonchev–Trinajstić information content (AvgIpc) is 3.03. The molecule has 1 atom stereocenters. The lowest BCUT2D eigenvalue weighted by molar-refractivity contribution is -0.131. The summed E-state index contributed by atoms with van der Waals surface area (Å²) in [4.78, 5) is 31.3. The van der Waals surface area contributed by atoms with Crippen LogP contribution in [0.5, 0.6) is 11.5 Å². The summed E-state index contributed by atoms with van der Waals surface area (Å²) in [5, 5.41) is 21.4. The van der Waals surface area contributed by atoms with Gasteiger partial charge in [0.05, 0.1) is 17.8 Å². The van der Waals surface area contributed by atoms with Gasteiger partial charge in [0.1, 0.15) is 16.8 Å². The second-order valence-electron chi connectivity index (χ2n) is 7.52. The van der Waals surface area contributed by atoms with E-state index < -0.39 is 11.8 Å². The quantitative estimate of drug-likeness (QED) is 0.636.